The predicted octanol–water partition coefficient (Wildman–Crippen LogP) is 4.95. The van der Waals surface area contributed by atoms with E-state index in [-0.39, 0.29) is 12.2 Å². The molecular weight excluding hydrogens is 552 g/mol. The lowest BCUT2D eigenvalue weighted by Gasteiger charge is -2.08. The Hall–Kier alpha value is -5.45. The van der Waals surface area contributed by atoms with Crippen molar-refractivity contribution >= 4 is 39.4 Å². The van der Waals surface area contributed by atoms with Crippen molar-refractivity contribution in [1.29, 1.82) is 0 Å². The van der Waals surface area contributed by atoms with Crippen LogP contribution in [0.3, 0.4) is 0 Å². The number of methoxy groups -OCH3 is 1. The van der Waals surface area contributed by atoms with Crippen molar-refractivity contribution in [3.05, 3.63) is 92.8 Å². The number of esters is 2. The van der Waals surface area contributed by atoms with Crippen LogP contribution in [0.1, 0.15) is 37.7 Å². The van der Waals surface area contributed by atoms with Crippen LogP contribution in [0.4, 0.5) is 0 Å². The van der Waals surface area contributed by atoms with Gasteiger partial charge in [0, 0.05) is 40.7 Å². The zero-order valence-electron chi connectivity index (χ0n) is 24.5. The molecule has 5 aromatic rings. The van der Waals surface area contributed by atoms with E-state index in [9.17, 15) is 14.4 Å². The maximum Gasteiger partial charge on any atom is 0.347 e. The van der Waals surface area contributed by atoms with E-state index in [4.69, 9.17) is 18.6 Å². The molecule has 0 N–H and O–H groups in total. The highest BCUT2D eigenvalue weighted by molar-refractivity contribution is 6.22. The van der Waals surface area contributed by atoms with E-state index in [0.29, 0.717) is 50.6 Å². The van der Waals surface area contributed by atoms with Gasteiger partial charge in [-0.3, -0.25) is 0 Å². The number of carbonyl (C=O) groups is 2. The molecule has 1 aliphatic heterocycles. The molecular formula is C32H28N4O7. The number of nitrogens with zero attached hydrogens (tertiary/aromatic N) is 4. The first-order valence-corrected chi connectivity index (χ1v) is 13.5. The van der Waals surface area contributed by atoms with Gasteiger partial charge in [0.25, 0.3) is 0 Å². The van der Waals surface area contributed by atoms with Gasteiger partial charge in [-0.05, 0) is 63.6 Å². The summed E-state index contributed by atoms with van der Waals surface area (Å²) in [5, 5.41) is 9.97. The third-order valence-electron chi connectivity index (χ3n) is 7.66. The summed E-state index contributed by atoms with van der Waals surface area (Å²) in [5.41, 5.74) is 5.56. The zero-order chi connectivity index (χ0) is 30.6. The summed E-state index contributed by atoms with van der Waals surface area (Å²) in [5.74, 6) is -0.126. The first-order chi connectivity index (χ1) is 20.6. The summed E-state index contributed by atoms with van der Waals surface area (Å²) in [6, 6.07) is 12.3. The standard InChI is InChI=1S/C32H28N4O7/c1-16(2)28-30(32(39)43-31(28)38)17(3)29-18(4)35(5)24-10-8-21(11-23(24)29)41-15-19-14-36(34-33-19)25-13-27(37)42-26-12-20(40-6)7-9-22(25)26/h7-14H,15H2,1-6H3/b30-17+. The van der Waals surface area contributed by atoms with Gasteiger partial charge in [0.15, 0.2) is 0 Å². The van der Waals surface area contributed by atoms with Gasteiger partial charge in [0.05, 0.1) is 36.2 Å². The largest absolute Gasteiger partial charge is 0.497 e. The number of cyclic esters (lactones) is 2. The minimum absolute atomic E-state index is 0.114. The van der Waals surface area contributed by atoms with Crippen molar-refractivity contribution < 1.29 is 28.2 Å². The van der Waals surface area contributed by atoms with Crippen molar-refractivity contribution in [1.82, 2.24) is 19.6 Å². The fourth-order valence-electron chi connectivity index (χ4n) is 5.51. The average molecular weight is 581 g/mol. The van der Waals surface area contributed by atoms with Crippen molar-refractivity contribution in [3.63, 3.8) is 0 Å². The molecule has 1 saturated heterocycles. The van der Waals surface area contributed by atoms with E-state index in [2.05, 4.69) is 10.3 Å². The molecule has 2 aromatic carbocycles. The highest BCUT2D eigenvalue weighted by atomic mass is 16.6. The number of aromatic nitrogens is 4. The molecule has 0 spiro atoms. The second-order valence-corrected chi connectivity index (χ2v) is 10.5. The van der Waals surface area contributed by atoms with Crippen LogP contribution in [0.25, 0.3) is 33.1 Å². The molecule has 11 heteroatoms. The van der Waals surface area contributed by atoms with Crippen LogP contribution in [0.2, 0.25) is 0 Å². The second kappa shape index (κ2) is 10.4. The van der Waals surface area contributed by atoms with E-state index in [1.807, 2.05) is 43.7 Å². The molecule has 4 heterocycles. The number of fused-ring (bicyclic) bond motifs is 2. The van der Waals surface area contributed by atoms with Crippen LogP contribution in [-0.2, 0) is 28.0 Å². The molecule has 0 saturated carbocycles. The first kappa shape index (κ1) is 27.7. The van der Waals surface area contributed by atoms with E-state index in [1.165, 1.54) is 17.9 Å². The number of hydrogen-bond acceptors (Lipinski definition) is 9. The Bertz CT molecular complexity index is 2110. The summed E-state index contributed by atoms with van der Waals surface area (Å²) in [6.45, 7) is 7.48. The van der Waals surface area contributed by atoms with Crippen LogP contribution in [0.5, 0.6) is 11.5 Å². The molecule has 11 nitrogen and oxygen atoms in total. The lowest BCUT2D eigenvalue weighted by molar-refractivity contribution is -0.149. The maximum atomic E-state index is 12.7. The molecule has 0 atom stereocenters. The van der Waals surface area contributed by atoms with Crippen LogP contribution in [0.15, 0.2) is 74.6 Å². The molecule has 43 heavy (non-hydrogen) atoms. The molecule has 218 valence electrons. The van der Waals surface area contributed by atoms with Crippen molar-refractivity contribution in [2.45, 2.75) is 34.3 Å². The first-order valence-electron chi connectivity index (χ1n) is 13.5. The fraction of sp³-hybridized carbons (Fsp3) is 0.219. The van der Waals surface area contributed by atoms with Gasteiger partial charge in [0.2, 0.25) is 0 Å². The number of aryl methyl sites for hydroxylation is 1. The molecule has 6 rings (SSSR count). The van der Waals surface area contributed by atoms with E-state index < -0.39 is 17.6 Å². The second-order valence-electron chi connectivity index (χ2n) is 10.5. The van der Waals surface area contributed by atoms with E-state index >= 15 is 0 Å². The van der Waals surface area contributed by atoms with Gasteiger partial charge in [-0.2, -0.15) is 0 Å². The predicted molar refractivity (Wildman–Crippen MR) is 158 cm³/mol. The Kier molecular flexibility index (Phi) is 6.72. The number of ether oxygens (including phenoxy) is 3. The van der Waals surface area contributed by atoms with Crippen LogP contribution < -0.4 is 15.1 Å². The highest BCUT2D eigenvalue weighted by Crippen LogP contribution is 2.39. The number of hydrogen-bond donors (Lipinski definition) is 0. The van der Waals surface area contributed by atoms with Gasteiger partial charge in [-0.1, -0.05) is 10.8 Å². The lowest BCUT2D eigenvalue weighted by Crippen LogP contribution is -2.04. The molecule has 0 amide bonds. The molecule has 0 radical (unpaired) electrons. The normalized spacial score (nSPS) is 14.5. The van der Waals surface area contributed by atoms with Crippen LogP contribution >= 0.6 is 0 Å². The van der Waals surface area contributed by atoms with Crippen molar-refractivity contribution in [2.75, 3.05) is 7.11 Å². The van der Waals surface area contributed by atoms with Crippen LogP contribution in [-0.4, -0.2) is 38.6 Å². The maximum absolute atomic E-state index is 12.7. The van der Waals surface area contributed by atoms with Gasteiger partial charge in [-0.15, -0.1) is 5.10 Å². The molecule has 0 bridgehead atoms. The molecule has 1 fully saturated rings. The number of rotatable bonds is 6. The quantitative estimate of drug-likeness (QED) is 0.119. The molecule has 0 unspecified atom stereocenters. The van der Waals surface area contributed by atoms with Gasteiger partial charge in [0.1, 0.15) is 29.4 Å². The summed E-state index contributed by atoms with van der Waals surface area (Å²) in [4.78, 5) is 37.3. The minimum atomic E-state index is -0.645. The fourth-order valence-corrected chi connectivity index (χ4v) is 5.51. The number of allylic oxidation sites excluding steroid dienone is 2. The Morgan fingerprint density at radius 2 is 1.67 bits per heavy atom. The molecule has 0 aliphatic carbocycles. The SMILES string of the molecule is COc1ccc2c(-n3cc(COc4ccc5c(c4)c(/C(C)=C4/C(=O)OC(=O)C4=C(C)C)c(C)n5C)nn3)cc(=O)oc2c1. The van der Waals surface area contributed by atoms with Crippen molar-refractivity contribution in [2.24, 2.45) is 7.05 Å². The summed E-state index contributed by atoms with van der Waals surface area (Å²) in [7, 11) is 3.48. The van der Waals surface area contributed by atoms with Crippen molar-refractivity contribution in [3.8, 4) is 17.2 Å². The smallest absolute Gasteiger partial charge is 0.347 e. The molecule has 1 aliphatic rings. The summed E-state index contributed by atoms with van der Waals surface area (Å²) >= 11 is 0. The third kappa shape index (κ3) is 4.68. The van der Waals surface area contributed by atoms with Gasteiger partial charge in [-0.25, -0.2) is 19.1 Å². The zero-order valence-corrected chi connectivity index (χ0v) is 24.5. The summed E-state index contributed by atoms with van der Waals surface area (Å²) < 4.78 is 25.2. The Balaban J connectivity index is 1.33. The Morgan fingerprint density at radius 3 is 2.42 bits per heavy atom. The highest BCUT2D eigenvalue weighted by Gasteiger charge is 2.37. The third-order valence-corrected chi connectivity index (χ3v) is 7.66. The van der Waals surface area contributed by atoms with E-state index in [0.717, 1.165) is 22.2 Å². The minimum Gasteiger partial charge on any atom is -0.497 e. The lowest BCUT2D eigenvalue weighted by atomic mass is 9.93. The van der Waals surface area contributed by atoms with Crippen LogP contribution in [0, 0.1) is 6.92 Å². The number of benzene rings is 2. The number of carbonyl (C=O) groups excluding carboxylic acids is 2. The average Bonchev–Trinajstić information content (AvgIpc) is 3.64. The Morgan fingerprint density at radius 1 is 0.930 bits per heavy atom. The van der Waals surface area contributed by atoms with Gasteiger partial charge < -0.3 is 23.2 Å². The summed E-state index contributed by atoms with van der Waals surface area (Å²) in [6.07, 6.45) is 1.69. The van der Waals surface area contributed by atoms with Gasteiger partial charge >= 0.3 is 17.6 Å². The topological polar surface area (TPSA) is 128 Å². The van der Waals surface area contributed by atoms with E-state index in [1.54, 1.807) is 38.2 Å². The Labute approximate surface area is 245 Å². The molecule has 3 aromatic heterocycles. The monoisotopic (exact) mass is 580 g/mol.